The first kappa shape index (κ1) is 9.78. The van der Waals surface area contributed by atoms with Gasteiger partial charge >= 0.3 is 0 Å². The minimum absolute atomic E-state index is 0.195. The van der Waals surface area contributed by atoms with Crippen LogP contribution >= 0.6 is 0 Å². The molecule has 0 amide bonds. The van der Waals surface area contributed by atoms with Gasteiger partial charge < -0.3 is 5.11 Å². The maximum absolute atomic E-state index is 9.76. The SMILES string of the molecule is Oc1ccc(-c2ccccn2)c2cccnc12. The van der Waals surface area contributed by atoms with E-state index < -0.39 is 0 Å². The third-order valence-electron chi connectivity index (χ3n) is 2.69. The van der Waals surface area contributed by atoms with Crippen molar-refractivity contribution >= 4 is 10.9 Å². The van der Waals surface area contributed by atoms with Crippen LogP contribution in [-0.4, -0.2) is 15.1 Å². The van der Waals surface area contributed by atoms with Crippen LogP contribution in [0.3, 0.4) is 0 Å². The predicted molar refractivity (Wildman–Crippen MR) is 66.6 cm³/mol. The lowest BCUT2D eigenvalue weighted by atomic mass is 10.0. The van der Waals surface area contributed by atoms with Crippen LogP contribution in [0.1, 0.15) is 0 Å². The Morgan fingerprint density at radius 2 is 1.71 bits per heavy atom. The molecular formula is C14H10N2O. The minimum Gasteiger partial charge on any atom is -0.506 e. The molecule has 0 radical (unpaired) electrons. The van der Waals surface area contributed by atoms with Crippen molar-refractivity contribution in [3.05, 3.63) is 54.9 Å². The first-order chi connectivity index (χ1) is 8.36. The highest BCUT2D eigenvalue weighted by atomic mass is 16.3. The number of pyridine rings is 2. The Bertz CT molecular complexity index is 665. The Labute approximate surface area is 98.4 Å². The quantitative estimate of drug-likeness (QED) is 0.688. The molecular weight excluding hydrogens is 212 g/mol. The van der Waals surface area contributed by atoms with Crippen LogP contribution in [0.2, 0.25) is 0 Å². The smallest absolute Gasteiger partial charge is 0.141 e. The number of benzene rings is 1. The molecule has 0 unspecified atom stereocenters. The Kier molecular flexibility index (Phi) is 2.22. The molecule has 17 heavy (non-hydrogen) atoms. The highest BCUT2D eigenvalue weighted by Gasteiger charge is 2.07. The molecule has 3 nitrogen and oxygen atoms in total. The van der Waals surface area contributed by atoms with Crippen molar-refractivity contribution in [2.24, 2.45) is 0 Å². The second-order valence-corrected chi connectivity index (χ2v) is 3.75. The van der Waals surface area contributed by atoms with Gasteiger partial charge in [0.2, 0.25) is 0 Å². The molecule has 0 fully saturated rings. The Hall–Kier alpha value is -2.42. The molecule has 3 rings (SSSR count). The molecule has 82 valence electrons. The molecule has 2 aromatic heterocycles. The summed E-state index contributed by atoms with van der Waals surface area (Å²) >= 11 is 0. The van der Waals surface area contributed by atoms with Crippen molar-refractivity contribution in [2.75, 3.05) is 0 Å². The van der Waals surface area contributed by atoms with Gasteiger partial charge in [-0.3, -0.25) is 9.97 Å². The summed E-state index contributed by atoms with van der Waals surface area (Å²) in [6, 6.07) is 13.1. The molecule has 0 saturated heterocycles. The van der Waals surface area contributed by atoms with Crippen LogP contribution in [0.4, 0.5) is 0 Å². The molecule has 0 saturated carbocycles. The molecule has 0 aliphatic heterocycles. The molecule has 3 heteroatoms. The van der Waals surface area contributed by atoms with Crippen molar-refractivity contribution in [1.82, 2.24) is 9.97 Å². The summed E-state index contributed by atoms with van der Waals surface area (Å²) in [5.41, 5.74) is 2.47. The maximum atomic E-state index is 9.76. The fourth-order valence-electron chi connectivity index (χ4n) is 1.90. The number of hydrogen-bond acceptors (Lipinski definition) is 3. The summed E-state index contributed by atoms with van der Waals surface area (Å²) in [6.07, 6.45) is 3.43. The normalized spacial score (nSPS) is 10.6. The number of rotatable bonds is 1. The zero-order valence-corrected chi connectivity index (χ0v) is 9.04. The van der Waals surface area contributed by atoms with E-state index in [2.05, 4.69) is 9.97 Å². The predicted octanol–water partition coefficient (Wildman–Crippen LogP) is 3.00. The average molecular weight is 222 g/mol. The van der Waals surface area contributed by atoms with Gasteiger partial charge in [0.15, 0.2) is 0 Å². The van der Waals surface area contributed by atoms with Gasteiger partial charge in [-0.15, -0.1) is 0 Å². The monoisotopic (exact) mass is 222 g/mol. The van der Waals surface area contributed by atoms with Crippen molar-refractivity contribution < 1.29 is 5.11 Å². The molecule has 1 N–H and O–H groups in total. The number of phenolic OH excluding ortho intramolecular Hbond substituents is 1. The zero-order valence-electron chi connectivity index (χ0n) is 9.04. The van der Waals surface area contributed by atoms with E-state index in [4.69, 9.17) is 0 Å². The lowest BCUT2D eigenvalue weighted by Crippen LogP contribution is -1.86. The number of hydrogen-bond donors (Lipinski definition) is 1. The summed E-state index contributed by atoms with van der Waals surface area (Å²) in [5, 5.41) is 10.7. The Morgan fingerprint density at radius 1 is 0.824 bits per heavy atom. The van der Waals surface area contributed by atoms with Crippen LogP contribution in [-0.2, 0) is 0 Å². The van der Waals surface area contributed by atoms with Gasteiger partial charge in [-0.1, -0.05) is 12.1 Å². The van der Waals surface area contributed by atoms with E-state index in [1.54, 1.807) is 18.5 Å². The van der Waals surface area contributed by atoms with Gasteiger partial charge in [-0.05, 0) is 30.3 Å². The molecule has 2 heterocycles. The van der Waals surface area contributed by atoms with Crippen LogP contribution in [0.25, 0.3) is 22.2 Å². The van der Waals surface area contributed by atoms with Crippen molar-refractivity contribution in [3.63, 3.8) is 0 Å². The number of nitrogens with zero attached hydrogens (tertiary/aromatic N) is 2. The largest absolute Gasteiger partial charge is 0.506 e. The molecule has 1 aromatic carbocycles. The molecule has 0 atom stereocenters. The van der Waals surface area contributed by atoms with Crippen LogP contribution in [0.15, 0.2) is 54.9 Å². The van der Waals surface area contributed by atoms with Crippen LogP contribution in [0.5, 0.6) is 5.75 Å². The van der Waals surface area contributed by atoms with Crippen molar-refractivity contribution in [2.45, 2.75) is 0 Å². The van der Waals surface area contributed by atoms with E-state index in [1.807, 2.05) is 36.4 Å². The minimum atomic E-state index is 0.195. The van der Waals surface area contributed by atoms with E-state index in [1.165, 1.54) is 0 Å². The van der Waals surface area contributed by atoms with Gasteiger partial charge in [-0.25, -0.2) is 0 Å². The summed E-state index contributed by atoms with van der Waals surface area (Å²) in [4.78, 5) is 8.51. The third-order valence-corrected chi connectivity index (χ3v) is 2.69. The topological polar surface area (TPSA) is 46.0 Å². The zero-order chi connectivity index (χ0) is 11.7. The van der Waals surface area contributed by atoms with E-state index in [0.29, 0.717) is 5.52 Å². The fourth-order valence-corrected chi connectivity index (χ4v) is 1.90. The summed E-state index contributed by atoms with van der Waals surface area (Å²) in [5.74, 6) is 0.195. The number of fused-ring (bicyclic) bond motifs is 1. The Balaban J connectivity index is 2.35. The van der Waals surface area contributed by atoms with Gasteiger partial charge in [0.25, 0.3) is 0 Å². The molecule has 3 aromatic rings. The first-order valence-electron chi connectivity index (χ1n) is 5.34. The number of aromatic nitrogens is 2. The lowest BCUT2D eigenvalue weighted by Gasteiger charge is -2.06. The fraction of sp³-hybridized carbons (Fsp3) is 0. The van der Waals surface area contributed by atoms with Gasteiger partial charge in [0, 0.05) is 23.3 Å². The second kappa shape index (κ2) is 3.87. The summed E-state index contributed by atoms with van der Waals surface area (Å²) in [7, 11) is 0. The van der Waals surface area contributed by atoms with Crippen molar-refractivity contribution in [3.8, 4) is 17.0 Å². The number of aromatic hydroxyl groups is 1. The van der Waals surface area contributed by atoms with Crippen LogP contribution < -0.4 is 0 Å². The second-order valence-electron chi connectivity index (χ2n) is 3.75. The molecule has 0 aliphatic carbocycles. The summed E-state index contributed by atoms with van der Waals surface area (Å²) in [6.45, 7) is 0. The lowest BCUT2D eigenvalue weighted by molar-refractivity contribution is 0.480. The first-order valence-corrected chi connectivity index (χ1v) is 5.34. The van der Waals surface area contributed by atoms with E-state index in [-0.39, 0.29) is 5.75 Å². The maximum Gasteiger partial charge on any atom is 0.141 e. The number of phenols is 1. The molecule has 0 aliphatic rings. The van der Waals surface area contributed by atoms with Crippen molar-refractivity contribution in [1.29, 1.82) is 0 Å². The van der Waals surface area contributed by atoms with Gasteiger partial charge in [0.1, 0.15) is 11.3 Å². The van der Waals surface area contributed by atoms with Crippen LogP contribution in [0, 0.1) is 0 Å². The highest BCUT2D eigenvalue weighted by molar-refractivity contribution is 5.96. The highest BCUT2D eigenvalue weighted by Crippen LogP contribution is 2.31. The third kappa shape index (κ3) is 1.61. The molecule has 0 bridgehead atoms. The average Bonchev–Trinajstić information content (AvgIpc) is 2.41. The van der Waals surface area contributed by atoms with E-state index in [0.717, 1.165) is 16.6 Å². The standard InChI is InChI=1S/C14H10N2O/c17-13-7-6-10(12-5-1-2-8-15-12)11-4-3-9-16-14(11)13/h1-9,17H. The van der Waals surface area contributed by atoms with Gasteiger partial charge in [0.05, 0.1) is 5.69 Å². The van der Waals surface area contributed by atoms with E-state index >= 15 is 0 Å². The van der Waals surface area contributed by atoms with E-state index in [9.17, 15) is 5.11 Å². The van der Waals surface area contributed by atoms with Gasteiger partial charge in [-0.2, -0.15) is 0 Å². The molecule has 0 spiro atoms. The summed E-state index contributed by atoms with van der Waals surface area (Å²) < 4.78 is 0. The Morgan fingerprint density at radius 3 is 2.53 bits per heavy atom.